The monoisotopic (exact) mass is 859 g/mol. The molecule has 5 heteroatoms. The zero-order valence-corrected chi connectivity index (χ0v) is 40.1. The summed E-state index contributed by atoms with van der Waals surface area (Å²) in [4.78, 5) is 24.5. The summed E-state index contributed by atoms with van der Waals surface area (Å²) in [5.74, 6) is -0.630. The van der Waals surface area contributed by atoms with E-state index in [-0.39, 0.29) is 25.2 Å². The lowest BCUT2D eigenvalue weighted by Crippen LogP contribution is -2.28. The minimum atomic E-state index is -0.796. The highest BCUT2D eigenvalue weighted by atomic mass is 16.6. The third-order valence-electron chi connectivity index (χ3n) is 10.6. The molecular formula is C57H94O5. The molecule has 0 amide bonds. The van der Waals surface area contributed by atoms with Gasteiger partial charge in [-0.1, -0.05) is 213 Å². The van der Waals surface area contributed by atoms with Gasteiger partial charge in [-0.2, -0.15) is 0 Å². The van der Waals surface area contributed by atoms with Gasteiger partial charge in [-0.3, -0.25) is 9.59 Å². The van der Waals surface area contributed by atoms with Crippen LogP contribution < -0.4 is 0 Å². The molecule has 1 N–H and O–H groups in total. The summed E-state index contributed by atoms with van der Waals surface area (Å²) < 4.78 is 10.7. The summed E-state index contributed by atoms with van der Waals surface area (Å²) in [7, 11) is 0. The fourth-order valence-corrected chi connectivity index (χ4v) is 6.74. The first-order valence-electron chi connectivity index (χ1n) is 25.4. The summed E-state index contributed by atoms with van der Waals surface area (Å²) in [6.45, 7) is 3.99. The molecule has 0 aromatic carbocycles. The number of carbonyl (C=O) groups is 2. The summed E-state index contributed by atoms with van der Waals surface area (Å²) in [5.41, 5.74) is 0. The highest BCUT2D eigenvalue weighted by molar-refractivity contribution is 5.70. The standard InChI is InChI=1S/C57H94O5/c1-3-5-7-9-11-13-15-17-19-21-23-25-27-28-30-31-33-35-37-39-41-43-45-47-49-51-56(59)61-54-55(53-58)62-57(60)52-50-48-46-44-42-40-38-36-34-32-29-26-24-22-20-18-16-14-12-10-8-6-4-2/h6,8,12,14-15,17-18,20-21,23-24,26-28,32,34,38,40,55,58H,3-5,7,9-11,13,16,19,22,25,29-31,33,35-37,39,41-54H2,1-2H3/b8-6-,14-12-,17-15-,20-18-,23-21-,26-24-,28-27-,34-32-,40-38-. The highest BCUT2D eigenvalue weighted by Gasteiger charge is 2.16. The van der Waals surface area contributed by atoms with Crippen LogP contribution >= 0.6 is 0 Å². The summed E-state index contributed by atoms with van der Waals surface area (Å²) in [6, 6.07) is 0. The first-order chi connectivity index (χ1) is 30.6. The molecule has 0 spiro atoms. The van der Waals surface area contributed by atoms with Crippen molar-refractivity contribution >= 4 is 11.9 Å². The number of aliphatic hydroxyl groups excluding tert-OH is 1. The van der Waals surface area contributed by atoms with Crippen molar-refractivity contribution < 1.29 is 24.2 Å². The fraction of sp³-hybridized carbons (Fsp3) is 0.649. The predicted octanol–water partition coefficient (Wildman–Crippen LogP) is 17.0. The number of carbonyl (C=O) groups excluding carboxylic acids is 2. The van der Waals surface area contributed by atoms with Crippen LogP contribution in [0, 0.1) is 0 Å². The molecule has 1 unspecified atom stereocenters. The van der Waals surface area contributed by atoms with Crippen LogP contribution in [0.5, 0.6) is 0 Å². The van der Waals surface area contributed by atoms with Crippen LogP contribution in [-0.4, -0.2) is 36.4 Å². The Bertz CT molecular complexity index is 1250. The van der Waals surface area contributed by atoms with Crippen molar-refractivity contribution in [3.05, 3.63) is 109 Å². The van der Waals surface area contributed by atoms with Crippen LogP contribution in [0.15, 0.2) is 109 Å². The summed E-state index contributed by atoms with van der Waals surface area (Å²) in [5, 5.41) is 9.63. The largest absolute Gasteiger partial charge is 0.462 e. The lowest BCUT2D eigenvalue weighted by atomic mass is 10.1. The van der Waals surface area contributed by atoms with Crippen LogP contribution in [-0.2, 0) is 19.1 Å². The molecule has 0 rings (SSSR count). The molecule has 0 bridgehead atoms. The van der Waals surface area contributed by atoms with Crippen LogP contribution in [0.25, 0.3) is 0 Å². The van der Waals surface area contributed by atoms with Gasteiger partial charge in [0, 0.05) is 12.8 Å². The molecule has 0 aromatic rings. The molecule has 0 aliphatic carbocycles. The Morgan fingerprint density at radius 2 is 0.694 bits per heavy atom. The van der Waals surface area contributed by atoms with Gasteiger partial charge in [-0.05, 0) is 103 Å². The second kappa shape index (κ2) is 51.9. The van der Waals surface area contributed by atoms with Crippen LogP contribution in [0.1, 0.15) is 219 Å². The second-order valence-corrected chi connectivity index (χ2v) is 16.5. The summed E-state index contributed by atoms with van der Waals surface area (Å²) >= 11 is 0. The molecule has 0 saturated heterocycles. The molecule has 0 radical (unpaired) electrons. The van der Waals surface area contributed by atoms with Crippen LogP contribution in [0.4, 0.5) is 0 Å². The second-order valence-electron chi connectivity index (χ2n) is 16.5. The van der Waals surface area contributed by atoms with Crippen molar-refractivity contribution in [2.45, 2.75) is 225 Å². The zero-order chi connectivity index (χ0) is 44.9. The molecule has 0 aliphatic heterocycles. The molecule has 5 nitrogen and oxygen atoms in total. The molecule has 0 heterocycles. The van der Waals surface area contributed by atoms with Crippen molar-refractivity contribution in [2.75, 3.05) is 13.2 Å². The number of aliphatic hydroxyl groups is 1. The summed E-state index contributed by atoms with van der Waals surface area (Å²) in [6.07, 6.45) is 74.6. The van der Waals surface area contributed by atoms with Gasteiger partial charge in [0.15, 0.2) is 6.10 Å². The smallest absolute Gasteiger partial charge is 0.306 e. The molecule has 0 saturated carbocycles. The van der Waals surface area contributed by atoms with Crippen molar-refractivity contribution in [1.82, 2.24) is 0 Å². The zero-order valence-electron chi connectivity index (χ0n) is 40.1. The van der Waals surface area contributed by atoms with E-state index in [9.17, 15) is 14.7 Å². The molecule has 352 valence electrons. The van der Waals surface area contributed by atoms with Gasteiger partial charge in [0.2, 0.25) is 0 Å². The van der Waals surface area contributed by atoms with Crippen molar-refractivity contribution in [3.63, 3.8) is 0 Å². The van der Waals surface area contributed by atoms with Crippen molar-refractivity contribution in [3.8, 4) is 0 Å². The average Bonchev–Trinajstić information content (AvgIpc) is 3.28. The van der Waals surface area contributed by atoms with Gasteiger partial charge >= 0.3 is 11.9 Å². The third-order valence-corrected chi connectivity index (χ3v) is 10.6. The Morgan fingerprint density at radius 1 is 0.387 bits per heavy atom. The quantitative estimate of drug-likeness (QED) is 0.0375. The van der Waals surface area contributed by atoms with E-state index in [1.165, 1.54) is 89.9 Å². The van der Waals surface area contributed by atoms with Gasteiger partial charge in [0.1, 0.15) is 6.61 Å². The van der Waals surface area contributed by atoms with E-state index in [0.717, 1.165) is 103 Å². The van der Waals surface area contributed by atoms with Crippen LogP contribution in [0.2, 0.25) is 0 Å². The minimum Gasteiger partial charge on any atom is -0.462 e. The van der Waals surface area contributed by atoms with E-state index < -0.39 is 6.10 Å². The Morgan fingerprint density at radius 3 is 1.05 bits per heavy atom. The van der Waals surface area contributed by atoms with Gasteiger partial charge in [-0.25, -0.2) is 0 Å². The first kappa shape index (κ1) is 58.6. The maximum Gasteiger partial charge on any atom is 0.306 e. The number of unbranched alkanes of at least 4 members (excludes halogenated alkanes) is 19. The van der Waals surface area contributed by atoms with Crippen molar-refractivity contribution in [1.29, 1.82) is 0 Å². The molecule has 1 atom stereocenters. The fourth-order valence-electron chi connectivity index (χ4n) is 6.74. The van der Waals surface area contributed by atoms with Gasteiger partial charge in [0.05, 0.1) is 6.61 Å². The minimum absolute atomic E-state index is 0.0852. The maximum absolute atomic E-state index is 12.3. The number of hydrogen-bond donors (Lipinski definition) is 1. The number of ether oxygens (including phenoxy) is 2. The molecule has 62 heavy (non-hydrogen) atoms. The Hall–Kier alpha value is -3.44. The number of esters is 2. The molecule has 0 fully saturated rings. The topological polar surface area (TPSA) is 72.8 Å². The van der Waals surface area contributed by atoms with Gasteiger partial charge in [0.25, 0.3) is 0 Å². The molecule has 0 aliphatic rings. The van der Waals surface area contributed by atoms with E-state index in [0.29, 0.717) is 12.8 Å². The lowest BCUT2D eigenvalue weighted by molar-refractivity contribution is -0.161. The van der Waals surface area contributed by atoms with Crippen molar-refractivity contribution in [2.24, 2.45) is 0 Å². The Balaban J connectivity index is 3.61. The van der Waals surface area contributed by atoms with Crippen LogP contribution in [0.3, 0.4) is 0 Å². The number of hydrogen-bond acceptors (Lipinski definition) is 5. The first-order valence-corrected chi connectivity index (χ1v) is 25.4. The lowest BCUT2D eigenvalue weighted by Gasteiger charge is -2.15. The highest BCUT2D eigenvalue weighted by Crippen LogP contribution is 2.14. The van der Waals surface area contributed by atoms with E-state index >= 15 is 0 Å². The van der Waals surface area contributed by atoms with E-state index in [1.807, 2.05) is 0 Å². The van der Waals surface area contributed by atoms with Gasteiger partial charge in [-0.15, -0.1) is 0 Å². The third kappa shape index (κ3) is 49.2. The van der Waals surface area contributed by atoms with E-state index in [4.69, 9.17) is 9.47 Å². The average molecular weight is 859 g/mol. The Labute approximate surface area is 382 Å². The van der Waals surface area contributed by atoms with E-state index in [2.05, 4.69) is 123 Å². The molecular weight excluding hydrogens is 765 g/mol. The number of allylic oxidation sites excluding steroid dienone is 18. The maximum atomic E-state index is 12.3. The van der Waals surface area contributed by atoms with Gasteiger partial charge < -0.3 is 14.6 Å². The van der Waals surface area contributed by atoms with E-state index in [1.54, 1.807) is 0 Å². The predicted molar refractivity (Wildman–Crippen MR) is 269 cm³/mol. The Kier molecular flexibility index (Phi) is 49.0. The normalized spacial score (nSPS) is 13.1. The number of rotatable bonds is 45. The molecule has 0 aromatic heterocycles. The SMILES string of the molecule is CC/C=C\C/C=C\C/C=C\C/C=C\C/C=C\C/C=C\CCCCCCC(=O)OC(CO)COC(=O)CCCCCCCCCCCC/C=C\C/C=C\C/C=C\CCCCCCC.